The Morgan fingerprint density at radius 2 is 0.767 bits per heavy atom. The zero-order valence-corrected chi connectivity index (χ0v) is 41.9. The van der Waals surface area contributed by atoms with Gasteiger partial charge in [0, 0.05) is 13.0 Å². The minimum Gasteiger partial charge on any atom is -0.457 e. The second kappa shape index (κ2) is 45.1. The monoisotopic (exact) mass is 875 g/mol. The Kier molecular flexibility index (Phi) is 44.7. The van der Waals surface area contributed by atoms with Crippen molar-refractivity contribution in [2.24, 2.45) is 0 Å². The number of hydrogen-bond acceptors (Lipinski definition) is 6. The van der Waals surface area contributed by atoms with Crippen molar-refractivity contribution in [1.82, 2.24) is 0 Å². The number of quaternary nitrogens is 1. The molecular formula is C51H105NO7P+. The predicted molar refractivity (Wildman–Crippen MR) is 257 cm³/mol. The largest absolute Gasteiger partial charge is 0.472 e. The lowest BCUT2D eigenvalue weighted by Crippen LogP contribution is -2.37. The standard InChI is InChI=1S/C51H104NO7P/c1-6-8-10-12-14-16-18-20-22-24-25-26-27-28-29-31-33-35-37-39-41-43-46-56-48-50(49-58-60(54,55)57-47-45-52(3,4)5)59-51(53)44-42-40-38-36-34-32-30-23-21-19-17-15-13-11-9-7-2/h50H,6-49H2,1-5H3/p+1. The molecule has 2 unspecified atom stereocenters. The molecule has 0 aliphatic carbocycles. The molecule has 0 bridgehead atoms. The first-order valence-corrected chi connectivity index (χ1v) is 27.8. The molecular weight excluding hydrogens is 770 g/mol. The number of ether oxygens (including phenoxy) is 2. The topological polar surface area (TPSA) is 91.3 Å². The second-order valence-corrected chi connectivity index (χ2v) is 20.7. The summed E-state index contributed by atoms with van der Waals surface area (Å²) < 4.78 is 35.2. The number of phosphoric acid groups is 1. The Labute approximate surface area is 374 Å². The van der Waals surface area contributed by atoms with E-state index in [1.165, 1.54) is 212 Å². The van der Waals surface area contributed by atoms with E-state index in [1.54, 1.807) is 0 Å². The number of carbonyl (C=O) groups excluding carboxylic acids is 1. The maximum Gasteiger partial charge on any atom is 0.472 e. The molecule has 0 aliphatic rings. The van der Waals surface area contributed by atoms with E-state index >= 15 is 0 Å². The van der Waals surface area contributed by atoms with Crippen LogP contribution in [-0.2, 0) is 27.9 Å². The smallest absolute Gasteiger partial charge is 0.457 e. The fourth-order valence-electron chi connectivity index (χ4n) is 7.85. The highest BCUT2D eigenvalue weighted by atomic mass is 31.2. The first-order chi connectivity index (χ1) is 29.1. The molecule has 0 radical (unpaired) electrons. The molecule has 1 N–H and O–H groups in total. The molecule has 0 heterocycles. The molecule has 0 aliphatic heterocycles. The van der Waals surface area contributed by atoms with Crippen LogP contribution in [0, 0.1) is 0 Å². The SMILES string of the molecule is CCCCCCCCCCCCCCCCCCCCCCCCOCC(COP(=O)(O)OCC[N+](C)(C)C)OC(=O)CCCCCCCCCCCCCCCCCC. The lowest BCUT2D eigenvalue weighted by atomic mass is 10.0. The first kappa shape index (κ1) is 59.5. The maximum atomic E-state index is 12.7. The Balaban J connectivity index is 4.05. The highest BCUT2D eigenvalue weighted by molar-refractivity contribution is 7.47. The van der Waals surface area contributed by atoms with Crippen molar-refractivity contribution >= 4 is 13.8 Å². The summed E-state index contributed by atoms with van der Waals surface area (Å²) in [5.74, 6) is -0.305. The minimum atomic E-state index is -4.27. The van der Waals surface area contributed by atoms with Crippen LogP contribution in [0.2, 0.25) is 0 Å². The van der Waals surface area contributed by atoms with Gasteiger partial charge in [-0.3, -0.25) is 13.8 Å². The summed E-state index contributed by atoms with van der Waals surface area (Å²) in [6.07, 6.45) is 50.1. The van der Waals surface area contributed by atoms with Crippen molar-refractivity contribution in [3.05, 3.63) is 0 Å². The molecule has 60 heavy (non-hydrogen) atoms. The quantitative estimate of drug-likeness (QED) is 0.0282. The maximum absolute atomic E-state index is 12.7. The van der Waals surface area contributed by atoms with Gasteiger partial charge >= 0.3 is 13.8 Å². The highest BCUT2D eigenvalue weighted by Gasteiger charge is 2.26. The number of likely N-dealkylation sites (N-methyl/N-ethyl adjacent to an activating group) is 1. The highest BCUT2D eigenvalue weighted by Crippen LogP contribution is 2.43. The second-order valence-electron chi connectivity index (χ2n) is 19.3. The van der Waals surface area contributed by atoms with E-state index < -0.39 is 13.9 Å². The van der Waals surface area contributed by atoms with Crippen LogP contribution in [0.1, 0.15) is 264 Å². The molecule has 0 fully saturated rings. The normalized spacial score (nSPS) is 13.5. The van der Waals surface area contributed by atoms with Gasteiger partial charge in [-0.2, -0.15) is 0 Å². The van der Waals surface area contributed by atoms with Crippen molar-refractivity contribution in [2.75, 3.05) is 54.1 Å². The molecule has 0 saturated heterocycles. The zero-order chi connectivity index (χ0) is 44.1. The van der Waals surface area contributed by atoms with Gasteiger partial charge in [0.1, 0.15) is 19.3 Å². The molecule has 0 aromatic heterocycles. The molecule has 8 nitrogen and oxygen atoms in total. The fourth-order valence-corrected chi connectivity index (χ4v) is 8.59. The van der Waals surface area contributed by atoms with Crippen molar-refractivity contribution < 1.29 is 37.3 Å². The van der Waals surface area contributed by atoms with E-state index in [-0.39, 0.29) is 25.8 Å². The summed E-state index contributed by atoms with van der Waals surface area (Å²) in [5.41, 5.74) is 0. The number of hydrogen-bond donors (Lipinski definition) is 1. The molecule has 360 valence electrons. The van der Waals surface area contributed by atoms with Crippen LogP contribution in [0.5, 0.6) is 0 Å². The molecule has 0 aromatic rings. The molecule has 9 heteroatoms. The third-order valence-corrected chi connectivity index (χ3v) is 12.9. The zero-order valence-electron chi connectivity index (χ0n) is 41.0. The van der Waals surface area contributed by atoms with Gasteiger partial charge in [-0.25, -0.2) is 4.57 Å². The molecule has 0 aromatic carbocycles. The van der Waals surface area contributed by atoms with Gasteiger partial charge < -0.3 is 18.9 Å². The van der Waals surface area contributed by atoms with Crippen molar-refractivity contribution in [3.63, 3.8) is 0 Å². The van der Waals surface area contributed by atoms with E-state index in [4.69, 9.17) is 18.5 Å². The van der Waals surface area contributed by atoms with E-state index in [0.29, 0.717) is 24.1 Å². The Morgan fingerprint density at radius 1 is 0.450 bits per heavy atom. The lowest BCUT2D eigenvalue weighted by Gasteiger charge is -2.24. The van der Waals surface area contributed by atoms with Crippen LogP contribution in [-0.4, -0.2) is 75.6 Å². The Bertz CT molecular complexity index is 930. The average Bonchev–Trinajstić information content (AvgIpc) is 3.20. The van der Waals surface area contributed by atoms with Crippen LogP contribution < -0.4 is 0 Å². The third-order valence-electron chi connectivity index (χ3n) is 11.9. The number of nitrogens with zero attached hydrogens (tertiary/aromatic N) is 1. The van der Waals surface area contributed by atoms with Crippen LogP contribution in [0.25, 0.3) is 0 Å². The number of esters is 1. The summed E-state index contributed by atoms with van der Waals surface area (Å²) >= 11 is 0. The van der Waals surface area contributed by atoms with Crippen LogP contribution >= 0.6 is 7.82 Å². The van der Waals surface area contributed by atoms with Crippen molar-refractivity contribution in [2.45, 2.75) is 270 Å². The Hall–Kier alpha value is -0.500. The van der Waals surface area contributed by atoms with Gasteiger partial charge in [0.2, 0.25) is 0 Å². The van der Waals surface area contributed by atoms with Crippen molar-refractivity contribution in [1.29, 1.82) is 0 Å². The number of carbonyl (C=O) groups is 1. The summed E-state index contributed by atoms with van der Waals surface area (Å²) in [5, 5.41) is 0. The molecule has 0 rings (SSSR count). The fraction of sp³-hybridized carbons (Fsp3) is 0.980. The third kappa shape index (κ3) is 48.5. The number of rotatable bonds is 50. The summed E-state index contributed by atoms with van der Waals surface area (Å²) in [6.45, 7) is 5.71. The summed E-state index contributed by atoms with van der Waals surface area (Å²) in [4.78, 5) is 23.0. The van der Waals surface area contributed by atoms with Gasteiger partial charge in [0.05, 0.1) is 34.4 Å². The van der Waals surface area contributed by atoms with E-state index in [9.17, 15) is 14.3 Å². The van der Waals surface area contributed by atoms with Gasteiger partial charge in [-0.1, -0.05) is 245 Å². The van der Waals surface area contributed by atoms with Crippen LogP contribution in [0.4, 0.5) is 0 Å². The molecule has 0 saturated carbocycles. The summed E-state index contributed by atoms with van der Waals surface area (Å²) in [6, 6.07) is 0. The Morgan fingerprint density at radius 3 is 1.10 bits per heavy atom. The van der Waals surface area contributed by atoms with E-state index in [0.717, 1.165) is 32.1 Å². The van der Waals surface area contributed by atoms with Gasteiger partial charge in [-0.05, 0) is 12.8 Å². The van der Waals surface area contributed by atoms with Gasteiger partial charge in [0.15, 0.2) is 0 Å². The van der Waals surface area contributed by atoms with Crippen molar-refractivity contribution in [3.8, 4) is 0 Å². The number of phosphoric ester groups is 1. The van der Waals surface area contributed by atoms with Gasteiger partial charge in [0.25, 0.3) is 0 Å². The van der Waals surface area contributed by atoms with Gasteiger partial charge in [-0.15, -0.1) is 0 Å². The lowest BCUT2D eigenvalue weighted by molar-refractivity contribution is -0.870. The minimum absolute atomic E-state index is 0.0942. The summed E-state index contributed by atoms with van der Waals surface area (Å²) in [7, 11) is 1.69. The molecule has 0 amide bonds. The van der Waals surface area contributed by atoms with Crippen LogP contribution in [0.3, 0.4) is 0 Å². The number of unbranched alkanes of at least 4 members (excludes halogenated alkanes) is 36. The molecule has 0 spiro atoms. The van der Waals surface area contributed by atoms with E-state index in [1.807, 2.05) is 21.1 Å². The average molecular weight is 875 g/mol. The van der Waals surface area contributed by atoms with E-state index in [2.05, 4.69) is 13.8 Å². The van der Waals surface area contributed by atoms with Crippen LogP contribution in [0.15, 0.2) is 0 Å². The molecule has 2 atom stereocenters. The first-order valence-electron chi connectivity index (χ1n) is 26.3. The predicted octanol–water partition coefficient (Wildman–Crippen LogP) is 16.0.